The number of aliphatic hydroxyl groups is 1. The molecule has 1 heterocycles. The molecule has 1 rings (SSSR count). The van der Waals surface area contributed by atoms with Crippen molar-refractivity contribution in [2.45, 2.75) is 26.4 Å². The van der Waals surface area contributed by atoms with Gasteiger partial charge < -0.3 is 5.11 Å². The van der Waals surface area contributed by atoms with Gasteiger partial charge in [-0.15, -0.1) is 0 Å². The Hall–Kier alpha value is -1.15. The smallest absolute Gasteiger partial charge is 0.122 e. The summed E-state index contributed by atoms with van der Waals surface area (Å²) in [4.78, 5) is 4.13. The van der Waals surface area contributed by atoms with Crippen molar-refractivity contribution in [1.82, 2.24) is 4.98 Å². The molecule has 0 amide bonds. The molecule has 1 N–H and O–H groups in total. The van der Waals surface area contributed by atoms with E-state index >= 15 is 0 Å². The number of hydrogen-bond donors (Lipinski definition) is 1. The van der Waals surface area contributed by atoms with Crippen LogP contribution in [0, 0.1) is 5.92 Å². The van der Waals surface area contributed by atoms with E-state index in [1.807, 2.05) is 24.3 Å². The molecule has 2 heteroatoms. The van der Waals surface area contributed by atoms with E-state index in [9.17, 15) is 5.11 Å². The maximum absolute atomic E-state index is 10.1. The second kappa shape index (κ2) is 4.38. The normalized spacial score (nSPS) is 16.1. The second-order valence-electron chi connectivity index (χ2n) is 3.97. The summed E-state index contributed by atoms with van der Waals surface area (Å²) in [5, 5.41) is 10.1. The van der Waals surface area contributed by atoms with Gasteiger partial charge in [0.25, 0.3) is 0 Å². The fraction of sp³-hybridized carbons (Fsp3) is 0.417. The molecule has 0 fully saturated rings. The van der Waals surface area contributed by atoms with Crippen LogP contribution in [0.4, 0.5) is 0 Å². The SMILES string of the molecule is CC(C)/C=C/C(C)(O)c1ccccn1. The van der Waals surface area contributed by atoms with Gasteiger partial charge in [0.05, 0.1) is 5.69 Å². The van der Waals surface area contributed by atoms with Gasteiger partial charge in [-0.05, 0) is 25.0 Å². The van der Waals surface area contributed by atoms with Gasteiger partial charge in [0.1, 0.15) is 5.60 Å². The minimum atomic E-state index is -0.967. The van der Waals surface area contributed by atoms with Gasteiger partial charge in [0, 0.05) is 6.20 Å². The molecule has 1 aromatic heterocycles. The Labute approximate surface area is 85.3 Å². The van der Waals surface area contributed by atoms with Crippen LogP contribution >= 0.6 is 0 Å². The lowest BCUT2D eigenvalue weighted by molar-refractivity contribution is 0.106. The maximum atomic E-state index is 10.1. The maximum Gasteiger partial charge on any atom is 0.122 e. The lowest BCUT2D eigenvalue weighted by Crippen LogP contribution is -2.19. The Balaban J connectivity index is 2.86. The summed E-state index contributed by atoms with van der Waals surface area (Å²) >= 11 is 0. The summed E-state index contributed by atoms with van der Waals surface area (Å²) in [5.41, 5.74) is -0.289. The predicted octanol–water partition coefficient (Wildman–Crippen LogP) is 2.50. The van der Waals surface area contributed by atoms with Gasteiger partial charge in [0.15, 0.2) is 0 Å². The number of pyridine rings is 1. The van der Waals surface area contributed by atoms with Gasteiger partial charge in [-0.25, -0.2) is 0 Å². The quantitative estimate of drug-likeness (QED) is 0.745. The van der Waals surface area contributed by atoms with Gasteiger partial charge >= 0.3 is 0 Å². The molecule has 1 unspecified atom stereocenters. The van der Waals surface area contributed by atoms with E-state index in [1.54, 1.807) is 19.2 Å². The zero-order valence-corrected chi connectivity index (χ0v) is 8.94. The molecule has 14 heavy (non-hydrogen) atoms. The van der Waals surface area contributed by atoms with Gasteiger partial charge in [-0.2, -0.15) is 0 Å². The molecule has 0 aliphatic heterocycles. The topological polar surface area (TPSA) is 33.1 Å². The number of nitrogens with zero attached hydrogens (tertiary/aromatic N) is 1. The first-order chi connectivity index (χ1) is 6.52. The molecule has 0 radical (unpaired) electrons. The van der Waals surface area contributed by atoms with Crippen LogP contribution in [0.5, 0.6) is 0 Å². The molecule has 0 bridgehead atoms. The molecule has 1 atom stereocenters. The van der Waals surface area contributed by atoms with Crippen LogP contribution in [0.1, 0.15) is 26.5 Å². The summed E-state index contributed by atoms with van der Waals surface area (Å²) in [6.07, 6.45) is 5.46. The highest BCUT2D eigenvalue weighted by Gasteiger charge is 2.20. The van der Waals surface area contributed by atoms with E-state index < -0.39 is 5.60 Å². The van der Waals surface area contributed by atoms with Crippen LogP contribution < -0.4 is 0 Å². The van der Waals surface area contributed by atoms with Crippen molar-refractivity contribution >= 4 is 0 Å². The first-order valence-electron chi connectivity index (χ1n) is 4.85. The molecular weight excluding hydrogens is 174 g/mol. The Morgan fingerprint density at radius 3 is 2.64 bits per heavy atom. The van der Waals surface area contributed by atoms with Crippen LogP contribution in [0.3, 0.4) is 0 Å². The highest BCUT2D eigenvalue weighted by Crippen LogP contribution is 2.19. The highest BCUT2D eigenvalue weighted by molar-refractivity contribution is 5.18. The molecule has 0 spiro atoms. The first kappa shape index (κ1) is 10.9. The average molecular weight is 191 g/mol. The van der Waals surface area contributed by atoms with E-state index in [0.29, 0.717) is 11.6 Å². The van der Waals surface area contributed by atoms with Crippen molar-refractivity contribution in [3.05, 3.63) is 42.2 Å². The minimum absolute atomic E-state index is 0.435. The van der Waals surface area contributed by atoms with Gasteiger partial charge in [-0.3, -0.25) is 4.98 Å². The molecule has 0 saturated heterocycles. The Morgan fingerprint density at radius 1 is 1.43 bits per heavy atom. The summed E-state index contributed by atoms with van der Waals surface area (Å²) < 4.78 is 0. The highest BCUT2D eigenvalue weighted by atomic mass is 16.3. The monoisotopic (exact) mass is 191 g/mol. The summed E-state index contributed by atoms with van der Waals surface area (Å²) in [6.45, 7) is 5.89. The van der Waals surface area contributed by atoms with E-state index in [2.05, 4.69) is 18.8 Å². The third-order valence-electron chi connectivity index (χ3n) is 1.99. The van der Waals surface area contributed by atoms with Crippen LogP contribution in [0.25, 0.3) is 0 Å². The molecule has 76 valence electrons. The summed E-state index contributed by atoms with van der Waals surface area (Å²) in [5.74, 6) is 0.435. The van der Waals surface area contributed by atoms with Crippen molar-refractivity contribution in [2.75, 3.05) is 0 Å². The molecule has 2 nitrogen and oxygen atoms in total. The van der Waals surface area contributed by atoms with E-state index in [0.717, 1.165) is 0 Å². The fourth-order valence-corrected chi connectivity index (χ4v) is 1.13. The molecule has 0 aliphatic carbocycles. The lowest BCUT2D eigenvalue weighted by atomic mass is 9.99. The molecule has 0 aliphatic rings. The largest absolute Gasteiger partial charge is 0.380 e. The van der Waals surface area contributed by atoms with Crippen molar-refractivity contribution in [3.63, 3.8) is 0 Å². The van der Waals surface area contributed by atoms with Crippen molar-refractivity contribution < 1.29 is 5.11 Å². The fourth-order valence-electron chi connectivity index (χ4n) is 1.13. The third kappa shape index (κ3) is 2.96. The van der Waals surface area contributed by atoms with Crippen molar-refractivity contribution in [3.8, 4) is 0 Å². The van der Waals surface area contributed by atoms with Crippen LogP contribution in [0.2, 0.25) is 0 Å². The van der Waals surface area contributed by atoms with Crippen molar-refractivity contribution in [1.29, 1.82) is 0 Å². The second-order valence-corrected chi connectivity index (χ2v) is 3.97. The average Bonchev–Trinajstić information content (AvgIpc) is 2.16. The van der Waals surface area contributed by atoms with Crippen LogP contribution in [-0.2, 0) is 5.60 Å². The van der Waals surface area contributed by atoms with E-state index in [4.69, 9.17) is 0 Å². The summed E-state index contributed by atoms with van der Waals surface area (Å²) in [7, 11) is 0. The van der Waals surface area contributed by atoms with E-state index in [-0.39, 0.29) is 0 Å². The summed E-state index contributed by atoms with van der Waals surface area (Å²) in [6, 6.07) is 5.54. The van der Waals surface area contributed by atoms with E-state index in [1.165, 1.54) is 0 Å². The zero-order valence-electron chi connectivity index (χ0n) is 8.94. The lowest BCUT2D eigenvalue weighted by Gasteiger charge is -2.18. The minimum Gasteiger partial charge on any atom is -0.380 e. The Bertz CT molecular complexity index is 301. The zero-order chi connectivity index (χ0) is 10.6. The molecule has 1 aromatic rings. The first-order valence-corrected chi connectivity index (χ1v) is 4.85. The van der Waals surface area contributed by atoms with Crippen LogP contribution in [0.15, 0.2) is 36.5 Å². The standard InChI is InChI=1S/C12H17NO/c1-10(2)7-8-12(3,14)11-6-4-5-9-13-11/h4-10,14H,1-3H3/b8-7+. The third-order valence-corrected chi connectivity index (χ3v) is 1.99. The van der Waals surface area contributed by atoms with Crippen LogP contribution in [-0.4, -0.2) is 10.1 Å². The predicted molar refractivity (Wildman–Crippen MR) is 57.8 cm³/mol. The van der Waals surface area contributed by atoms with Gasteiger partial charge in [-0.1, -0.05) is 32.1 Å². The Morgan fingerprint density at radius 2 is 2.14 bits per heavy atom. The number of allylic oxidation sites excluding steroid dienone is 1. The van der Waals surface area contributed by atoms with Crippen molar-refractivity contribution in [2.24, 2.45) is 5.92 Å². The molecular formula is C12H17NO. The number of aromatic nitrogens is 1. The Kier molecular flexibility index (Phi) is 3.42. The molecule has 0 aromatic carbocycles. The number of rotatable bonds is 3. The van der Waals surface area contributed by atoms with Gasteiger partial charge in [0.2, 0.25) is 0 Å². The number of hydrogen-bond acceptors (Lipinski definition) is 2. The molecule has 0 saturated carbocycles.